The minimum atomic E-state index is 0.623. The minimum absolute atomic E-state index is 0.623. The Hall–Kier alpha value is -15.1. The number of nitrogens with zero attached hydrogens (tertiary/aromatic N) is 9. The summed E-state index contributed by atoms with van der Waals surface area (Å²) in [6.07, 6.45) is 0. The predicted molar refractivity (Wildman–Crippen MR) is 462 cm³/mol. The van der Waals surface area contributed by atoms with Gasteiger partial charge in [-0.3, -0.25) is 9.13 Å². The number of rotatable bonds is 7. The summed E-state index contributed by atoms with van der Waals surface area (Å²) in [5, 5.41) is 23.5. The van der Waals surface area contributed by atoms with E-state index in [0.29, 0.717) is 11.8 Å². The summed E-state index contributed by atoms with van der Waals surface area (Å²) in [5.41, 5.74) is 23.9. The molecule has 26 rings (SSSR count). The summed E-state index contributed by atoms with van der Waals surface area (Å²) < 4.78 is 12.3. The van der Waals surface area contributed by atoms with E-state index in [9.17, 15) is 0 Å². The summed E-state index contributed by atoms with van der Waals surface area (Å²) in [7, 11) is 0. The van der Waals surface area contributed by atoms with E-state index in [4.69, 9.17) is 19.9 Å². The second-order valence-corrected chi connectivity index (χ2v) is 29.9. The van der Waals surface area contributed by atoms with Crippen LogP contribution in [-0.4, -0.2) is 42.4 Å². The van der Waals surface area contributed by atoms with Crippen molar-refractivity contribution >= 4 is 185 Å². The molecule has 0 atom stereocenters. The summed E-state index contributed by atoms with van der Waals surface area (Å²) in [5.74, 6) is 2.14. The topological polar surface area (TPSA) is 75.2 Å². The quantitative estimate of drug-likeness (QED) is 0.159. The summed E-state index contributed by atoms with van der Waals surface area (Å²) in [6.45, 7) is 0. The zero-order valence-electron chi connectivity index (χ0n) is 59.4. The third kappa shape index (κ3) is 7.96. The van der Waals surface area contributed by atoms with Gasteiger partial charge in [-0.25, -0.2) is 19.9 Å². The van der Waals surface area contributed by atoms with Crippen LogP contribution in [0.15, 0.2) is 346 Å². The van der Waals surface area contributed by atoms with Crippen molar-refractivity contribution in [1.82, 2.24) is 42.4 Å². The van der Waals surface area contributed by atoms with Crippen LogP contribution in [0.25, 0.3) is 247 Å². The van der Waals surface area contributed by atoms with E-state index >= 15 is 0 Å². The Kier molecular flexibility index (Phi) is 11.6. The van der Waals surface area contributed by atoms with Crippen molar-refractivity contribution in [3.63, 3.8) is 0 Å². The highest BCUT2D eigenvalue weighted by atomic mass is 15.2. The molecule has 0 spiro atoms. The lowest BCUT2D eigenvalue weighted by Crippen LogP contribution is -2.04. The van der Waals surface area contributed by atoms with Gasteiger partial charge in [0.2, 0.25) is 5.95 Å². The molecule has 9 heteroatoms. The molecule has 0 aliphatic rings. The molecule has 9 nitrogen and oxygen atoms in total. The van der Waals surface area contributed by atoms with Crippen LogP contribution < -0.4 is 0 Å². The fraction of sp³-hybridized carbons (Fsp3) is 0. The lowest BCUT2D eigenvalue weighted by Gasteiger charge is -2.14. The van der Waals surface area contributed by atoms with E-state index in [0.717, 1.165) is 127 Å². The van der Waals surface area contributed by atoms with Crippen LogP contribution in [0.5, 0.6) is 0 Å². The first-order chi connectivity index (χ1) is 55.1. The molecule has 26 aromatic rings. The molecule has 0 saturated heterocycles. The molecule has 0 radical (unpaired) electrons. The average molecular weight is 1410 g/mol. The normalized spacial score (nSPS) is 12.5. The standard InChI is InChI=1S/C102H57N9/c1-2-21-58(22-3-1)59-41-43-62(44-42-59)100-103-82-36-15-9-34-76(82)101(106-100)110-85-39-18-12-31-71(85)78-57-80-74-49-45-64(54-90(74)109-88-52-48-61-24-5-7-28-68(61)92(88)93(97(80)109)98(78)110)63-25-20-26-66(53-63)107-83-37-16-10-29-69(83)73-50-46-65(55-89(73)107)95-75-33-8-14-35-81(75)104-102(105-95)111-86-40-19-13-32-72(86)79-56-77-70-30-11-17-38-84(70)108-87-51-47-60-23-4-6-27-67(60)91(87)94(96(77)108)99(79)111/h1-57H. The van der Waals surface area contributed by atoms with E-state index in [1.54, 1.807) is 0 Å². The molecule has 17 aromatic carbocycles. The van der Waals surface area contributed by atoms with Gasteiger partial charge in [-0.05, 0) is 135 Å². The van der Waals surface area contributed by atoms with Gasteiger partial charge >= 0.3 is 0 Å². The first-order valence-corrected chi connectivity index (χ1v) is 38.0. The minimum Gasteiger partial charge on any atom is -0.309 e. The van der Waals surface area contributed by atoms with E-state index in [-0.39, 0.29) is 0 Å². The molecule has 0 aliphatic carbocycles. The monoisotopic (exact) mass is 1410 g/mol. The maximum absolute atomic E-state index is 5.86. The highest BCUT2D eigenvalue weighted by molar-refractivity contribution is 6.39. The van der Waals surface area contributed by atoms with Crippen LogP contribution in [0, 0.1) is 0 Å². The molecule has 0 saturated carbocycles. The number of hydrogen-bond donors (Lipinski definition) is 0. The number of aromatic nitrogens is 9. The SMILES string of the molecule is c1ccc(-c2ccc(-c3nc(-n4c5ccccc5c5cc6c7ccc(-c8cccc(-n9c%10ccccc%10c%10ccc(-c%11nc(-n%12c%13ccccc%13c%13cc%14c%15ccccc%15n%15c%16ccc%17ccccc%17c%16c(c%13%12)c%14%15)nc%12ccccc%11%12)cc%109)c8)cc7n7c8ccc9ccccc9c8c(c54)c67)c4ccccc4n3)cc2)cc1. The molecule has 0 fully saturated rings. The van der Waals surface area contributed by atoms with Gasteiger partial charge in [-0.15, -0.1) is 0 Å². The zero-order valence-corrected chi connectivity index (χ0v) is 59.4. The molecular formula is C102H57N9. The van der Waals surface area contributed by atoms with Crippen molar-refractivity contribution in [3.05, 3.63) is 346 Å². The average Bonchev–Trinajstić information content (AvgIpc) is 1.51. The van der Waals surface area contributed by atoms with Crippen molar-refractivity contribution < 1.29 is 0 Å². The molecule has 9 aromatic heterocycles. The molecule has 111 heavy (non-hydrogen) atoms. The second kappa shape index (κ2) is 21.8. The number of hydrogen-bond acceptors (Lipinski definition) is 4. The maximum Gasteiger partial charge on any atom is 0.235 e. The Balaban J connectivity index is 0.664. The molecule has 0 unspecified atom stereocenters. The highest BCUT2D eigenvalue weighted by Gasteiger charge is 2.31. The Morgan fingerprint density at radius 1 is 0.198 bits per heavy atom. The van der Waals surface area contributed by atoms with Crippen LogP contribution in [-0.2, 0) is 0 Å². The lowest BCUT2D eigenvalue weighted by atomic mass is 9.98. The lowest BCUT2D eigenvalue weighted by molar-refractivity contribution is 1.02. The fourth-order valence-electron chi connectivity index (χ4n) is 19.6. The predicted octanol–water partition coefficient (Wildman–Crippen LogP) is 26.1. The van der Waals surface area contributed by atoms with E-state index in [2.05, 4.69) is 368 Å². The van der Waals surface area contributed by atoms with Crippen LogP contribution >= 0.6 is 0 Å². The van der Waals surface area contributed by atoms with Crippen LogP contribution in [0.1, 0.15) is 0 Å². The number of para-hydroxylation sites is 6. The number of fused-ring (bicyclic) bond motifs is 29. The van der Waals surface area contributed by atoms with Crippen molar-refractivity contribution in [2.75, 3.05) is 0 Å². The third-order valence-corrected chi connectivity index (χ3v) is 24.3. The van der Waals surface area contributed by atoms with Crippen molar-refractivity contribution in [3.8, 4) is 62.4 Å². The molecule has 0 aliphatic heterocycles. The van der Waals surface area contributed by atoms with Gasteiger partial charge in [0.05, 0.1) is 82.9 Å². The summed E-state index contributed by atoms with van der Waals surface area (Å²) in [6, 6.07) is 127. The van der Waals surface area contributed by atoms with E-state index in [1.807, 2.05) is 0 Å². The fourth-order valence-corrected chi connectivity index (χ4v) is 19.6. The van der Waals surface area contributed by atoms with Gasteiger partial charge in [0.15, 0.2) is 5.82 Å². The Morgan fingerprint density at radius 2 is 0.640 bits per heavy atom. The molecule has 0 N–H and O–H groups in total. The van der Waals surface area contributed by atoms with E-state index < -0.39 is 0 Å². The second-order valence-electron chi connectivity index (χ2n) is 29.9. The van der Waals surface area contributed by atoms with Crippen molar-refractivity contribution in [2.24, 2.45) is 0 Å². The molecular weight excluding hydrogens is 1350 g/mol. The van der Waals surface area contributed by atoms with Gasteiger partial charge in [0.25, 0.3) is 0 Å². The highest BCUT2D eigenvalue weighted by Crippen LogP contribution is 2.52. The van der Waals surface area contributed by atoms with Crippen molar-refractivity contribution in [2.45, 2.75) is 0 Å². The van der Waals surface area contributed by atoms with Crippen LogP contribution in [0.4, 0.5) is 0 Å². The largest absolute Gasteiger partial charge is 0.309 e. The summed E-state index contributed by atoms with van der Waals surface area (Å²) in [4.78, 5) is 22.4. The zero-order chi connectivity index (χ0) is 72.0. The first-order valence-electron chi connectivity index (χ1n) is 38.0. The smallest absolute Gasteiger partial charge is 0.235 e. The van der Waals surface area contributed by atoms with Crippen LogP contribution in [0.2, 0.25) is 0 Å². The Labute approximate surface area is 631 Å². The van der Waals surface area contributed by atoms with Gasteiger partial charge in [-0.1, -0.05) is 255 Å². The van der Waals surface area contributed by atoms with Crippen LogP contribution in [0.3, 0.4) is 0 Å². The van der Waals surface area contributed by atoms with Gasteiger partial charge < -0.3 is 13.4 Å². The maximum atomic E-state index is 5.86. The van der Waals surface area contributed by atoms with Gasteiger partial charge in [0, 0.05) is 103 Å². The summed E-state index contributed by atoms with van der Waals surface area (Å²) >= 11 is 0. The Bertz CT molecular complexity index is 8590. The first kappa shape index (κ1) is 59.1. The molecule has 0 bridgehead atoms. The van der Waals surface area contributed by atoms with Crippen molar-refractivity contribution in [1.29, 1.82) is 0 Å². The number of benzene rings is 17. The molecule has 9 heterocycles. The van der Waals surface area contributed by atoms with Gasteiger partial charge in [0.1, 0.15) is 5.82 Å². The Morgan fingerprint density at radius 3 is 1.31 bits per heavy atom. The third-order valence-electron chi connectivity index (χ3n) is 24.3. The molecule has 0 amide bonds. The van der Waals surface area contributed by atoms with Gasteiger partial charge in [-0.2, -0.15) is 0 Å². The van der Waals surface area contributed by atoms with E-state index in [1.165, 1.54) is 108 Å². The molecule has 510 valence electrons.